The van der Waals surface area contributed by atoms with E-state index in [1.54, 1.807) is 0 Å². The second-order valence-corrected chi connectivity index (χ2v) is 4.98. The van der Waals surface area contributed by atoms with Crippen molar-refractivity contribution in [3.63, 3.8) is 0 Å². The molecule has 8 heteroatoms. The quantitative estimate of drug-likeness (QED) is 0.728. The summed E-state index contributed by atoms with van der Waals surface area (Å²) in [6.45, 7) is 0. The van der Waals surface area contributed by atoms with Crippen LogP contribution in [0, 0.1) is 0 Å². The summed E-state index contributed by atoms with van der Waals surface area (Å²) in [5.41, 5.74) is -1.32. The van der Waals surface area contributed by atoms with Crippen LogP contribution in [-0.2, 0) is 18.8 Å². The highest BCUT2D eigenvalue weighted by Crippen LogP contribution is 2.38. The van der Waals surface area contributed by atoms with Gasteiger partial charge in [0.1, 0.15) is 0 Å². The first-order valence-corrected chi connectivity index (χ1v) is 6.20. The van der Waals surface area contributed by atoms with Crippen molar-refractivity contribution in [2.45, 2.75) is 18.8 Å². The van der Waals surface area contributed by atoms with Gasteiger partial charge in [-0.05, 0) is 17.7 Å². The summed E-state index contributed by atoms with van der Waals surface area (Å²) in [5.74, 6) is 0. The summed E-state index contributed by atoms with van der Waals surface area (Å²) >= 11 is 1.15. The van der Waals surface area contributed by atoms with Crippen LogP contribution < -0.4 is 0 Å². The van der Waals surface area contributed by atoms with Crippen LogP contribution in [0.2, 0.25) is 0 Å². The predicted molar refractivity (Wildman–Crippen MR) is 61.4 cm³/mol. The molecule has 0 radical (unpaired) electrons. The van der Waals surface area contributed by atoms with E-state index in [0.29, 0.717) is 10.9 Å². The van der Waals surface area contributed by atoms with Gasteiger partial charge in [0.05, 0.1) is 16.6 Å². The van der Waals surface area contributed by atoms with Gasteiger partial charge in [-0.15, -0.1) is 11.3 Å². The third kappa shape index (κ3) is 3.30. The van der Waals surface area contributed by atoms with Crippen LogP contribution in [-0.4, -0.2) is 4.98 Å². The lowest BCUT2D eigenvalue weighted by molar-refractivity contribution is -0.143. The molecular formula is C12H7F6NS. The smallest absolute Gasteiger partial charge is 0.253 e. The van der Waals surface area contributed by atoms with Gasteiger partial charge in [-0.25, -0.2) is 0 Å². The third-order valence-corrected chi connectivity index (χ3v) is 3.37. The standard InChI is InChI=1S/C12H7F6NS/c13-11(14,15)8-2-1-7(3-9-5-19-6-20-9)10(4-8)12(16,17)18/h1-2,4-6H,3H2. The van der Waals surface area contributed by atoms with Gasteiger partial charge >= 0.3 is 12.4 Å². The highest BCUT2D eigenvalue weighted by Gasteiger charge is 2.38. The normalized spacial score (nSPS) is 12.7. The lowest BCUT2D eigenvalue weighted by atomic mass is 10.00. The van der Waals surface area contributed by atoms with Gasteiger partial charge in [0, 0.05) is 17.5 Å². The molecule has 0 bridgehead atoms. The van der Waals surface area contributed by atoms with Gasteiger partial charge in [0.2, 0.25) is 0 Å². The lowest BCUT2D eigenvalue weighted by Gasteiger charge is -2.15. The minimum Gasteiger partial charge on any atom is -0.253 e. The van der Waals surface area contributed by atoms with E-state index in [2.05, 4.69) is 4.98 Å². The minimum atomic E-state index is -4.83. The molecule has 1 nitrogen and oxygen atoms in total. The molecule has 0 aliphatic rings. The number of hydrogen-bond donors (Lipinski definition) is 0. The number of aromatic nitrogens is 1. The summed E-state index contributed by atoms with van der Waals surface area (Å²) in [4.78, 5) is 4.28. The molecule has 0 N–H and O–H groups in total. The third-order valence-electron chi connectivity index (χ3n) is 2.59. The summed E-state index contributed by atoms with van der Waals surface area (Å²) in [5, 5.41) is 0. The van der Waals surface area contributed by atoms with Gasteiger partial charge in [-0.1, -0.05) is 6.07 Å². The molecule has 1 aromatic heterocycles. The van der Waals surface area contributed by atoms with E-state index in [0.717, 1.165) is 17.4 Å². The van der Waals surface area contributed by atoms with E-state index in [1.807, 2.05) is 0 Å². The Morgan fingerprint density at radius 3 is 2.20 bits per heavy atom. The molecule has 2 aromatic rings. The van der Waals surface area contributed by atoms with Crippen molar-refractivity contribution in [3.8, 4) is 0 Å². The average Bonchev–Trinajstić information content (AvgIpc) is 2.79. The SMILES string of the molecule is FC(F)(F)c1ccc(Cc2cncs2)c(C(F)(F)F)c1. The van der Waals surface area contributed by atoms with Gasteiger partial charge < -0.3 is 0 Å². The number of benzene rings is 1. The van der Waals surface area contributed by atoms with Crippen LogP contribution in [0.15, 0.2) is 29.9 Å². The van der Waals surface area contributed by atoms with Crippen molar-refractivity contribution < 1.29 is 26.3 Å². The maximum absolute atomic E-state index is 12.9. The Bertz CT molecular complexity index is 585. The molecule has 108 valence electrons. The van der Waals surface area contributed by atoms with Crippen LogP contribution in [0.3, 0.4) is 0 Å². The van der Waals surface area contributed by atoms with E-state index in [1.165, 1.54) is 11.7 Å². The summed E-state index contributed by atoms with van der Waals surface area (Å²) < 4.78 is 76.1. The number of hydrogen-bond acceptors (Lipinski definition) is 2. The van der Waals surface area contributed by atoms with E-state index in [-0.39, 0.29) is 18.1 Å². The van der Waals surface area contributed by atoms with Gasteiger partial charge in [0.25, 0.3) is 0 Å². The predicted octanol–water partition coefficient (Wildman–Crippen LogP) is 4.77. The van der Waals surface area contributed by atoms with E-state index < -0.39 is 23.5 Å². The highest BCUT2D eigenvalue weighted by molar-refractivity contribution is 7.09. The van der Waals surface area contributed by atoms with Gasteiger partial charge in [-0.2, -0.15) is 26.3 Å². The summed E-state index contributed by atoms with van der Waals surface area (Å²) in [7, 11) is 0. The molecule has 0 spiro atoms. The van der Waals surface area contributed by atoms with E-state index in [9.17, 15) is 26.3 Å². The topological polar surface area (TPSA) is 12.9 Å². The zero-order valence-electron chi connectivity index (χ0n) is 9.72. The first kappa shape index (κ1) is 14.8. The average molecular weight is 311 g/mol. The molecular weight excluding hydrogens is 304 g/mol. The fourth-order valence-corrected chi connectivity index (χ4v) is 2.31. The van der Waals surface area contributed by atoms with Gasteiger partial charge in [0.15, 0.2) is 0 Å². The van der Waals surface area contributed by atoms with Crippen molar-refractivity contribution in [2.75, 3.05) is 0 Å². The number of rotatable bonds is 2. The Hall–Kier alpha value is -1.57. The molecule has 0 unspecified atom stereocenters. The Kier molecular flexibility index (Phi) is 3.77. The molecule has 0 saturated carbocycles. The second kappa shape index (κ2) is 5.08. The Morgan fingerprint density at radius 1 is 1.00 bits per heavy atom. The van der Waals surface area contributed by atoms with Crippen LogP contribution in [0.5, 0.6) is 0 Å². The fraction of sp³-hybridized carbons (Fsp3) is 0.250. The monoisotopic (exact) mass is 311 g/mol. The Balaban J connectivity index is 2.46. The molecule has 2 rings (SSSR count). The van der Waals surface area contributed by atoms with Crippen molar-refractivity contribution in [1.29, 1.82) is 0 Å². The molecule has 1 heterocycles. The van der Waals surface area contributed by atoms with Crippen LogP contribution in [0.1, 0.15) is 21.6 Å². The first-order valence-electron chi connectivity index (χ1n) is 5.32. The number of thiazole rings is 1. The van der Waals surface area contributed by atoms with Crippen LogP contribution in [0.4, 0.5) is 26.3 Å². The molecule has 1 aromatic carbocycles. The first-order chi connectivity index (χ1) is 9.18. The highest BCUT2D eigenvalue weighted by atomic mass is 32.1. The second-order valence-electron chi connectivity index (χ2n) is 4.01. The van der Waals surface area contributed by atoms with Crippen molar-refractivity contribution in [3.05, 3.63) is 51.5 Å². The lowest BCUT2D eigenvalue weighted by Crippen LogP contribution is -2.13. The van der Waals surface area contributed by atoms with E-state index >= 15 is 0 Å². The van der Waals surface area contributed by atoms with Crippen molar-refractivity contribution in [2.24, 2.45) is 0 Å². The maximum atomic E-state index is 12.9. The number of nitrogens with zero attached hydrogens (tertiary/aromatic N) is 1. The minimum absolute atomic E-state index is 0.0996. The zero-order chi connectivity index (χ0) is 15.0. The molecule has 0 amide bonds. The largest absolute Gasteiger partial charge is 0.416 e. The van der Waals surface area contributed by atoms with Crippen LogP contribution in [0.25, 0.3) is 0 Å². The number of halogens is 6. The summed E-state index contributed by atoms with van der Waals surface area (Å²) in [6, 6.07) is 1.67. The van der Waals surface area contributed by atoms with Gasteiger partial charge in [-0.3, -0.25) is 4.98 Å². The molecule has 0 aliphatic heterocycles. The number of alkyl halides is 6. The van der Waals surface area contributed by atoms with Crippen molar-refractivity contribution in [1.82, 2.24) is 4.98 Å². The molecule has 0 saturated heterocycles. The maximum Gasteiger partial charge on any atom is 0.416 e. The zero-order valence-corrected chi connectivity index (χ0v) is 10.5. The Morgan fingerprint density at radius 2 is 1.70 bits per heavy atom. The van der Waals surface area contributed by atoms with Crippen molar-refractivity contribution >= 4 is 11.3 Å². The summed E-state index contributed by atoms with van der Waals surface area (Å²) in [6.07, 6.45) is -8.34. The van der Waals surface area contributed by atoms with Crippen LogP contribution >= 0.6 is 11.3 Å². The Labute approximate surface area is 113 Å². The molecule has 0 fully saturated rings. The van der Waals surface area contributed by atoms with E-state index in [4.69, 9.17) is 0 Å². The molecule has 20 heavy (non-hydrogen) atoms. The molecule has 0 aliphatic carbocycles. The molecule has 0 atom stereocenters. The fourth-order valence-electron chi connectivity index (χ4n) is 1.69.